The Hall–Kier alpha value is -3.47. The maximum atomic E-state index is 11.1. The van der Waals surface area contributed by atoms with Gasteiger partial charge >= 0.3 is 0 Å². The zero-order valence-corrected chi connectivity index (χ0v) is 22.1. The van der Waals surface area contributed by atoms with Crippen LogP contribution in [0.2, 0.25) is 0 Å². The van der Waals surface area contributed by atoms with Gasteiger partial charge in [0.15, 0.2) is 5.82 Å². The van der Waals surface area contributed by atoms with Crippen molar-refractivity contribution in [3.05, 3.63) is 66.7 Å². The second-order valence-corrected chi connectivity index (χ2v) is 10.1. The van der Waals surface area contributed by atoms with E-state index in [1.165, 1.54) is 11.9 Å². The lowest BCUT2D eigenvalue weighted by atomic mass is 10.0. The van der Waals surface area contributed by atoms with Crippen LogP contribution in [0.1, 0.15) is 24.4 Å². The number of nitrogens with one attached hydrogen (secondary N) is 2. The molecule has 0 amide bonds. The van der Waals surface area contributed by atoms with Crippen molar-refractivity contribution in [3.8, 4) is 0 Å². The Morgan fingerprint density at radius 3 is 2.63 bits per heavy atom. The Balaban J connectivity index is 1.22. The van der Waals surface area contributed by atoms with Crippen molar-refractivity contribution < 1.29 is 10.2 Å². The van der Waals surface area contributed by atoms with Crippen molar-refractivity contribution in [1.29, 1.82) is 0 Å². The predicted octanol–water partition coefficient (Wildman–Crippen LogP) is 2.22. The van der Waals surface area contributed by atoms with Crippen molar-refractivity contribution in [2.45, 2.75) is 37.5 Å². The number of aromatic nitrogens is 5. The number of aliphatic hydroxyl groups excluding tert-OH is 2. The average Bonchev–Trinajstić information content (AvgIpc) is 3.64. The van der Waals surface area contributed by atoms with Gasteiger partial charge in [-0.2, -0.15) is 5.10 Å². The van der Waals surface area contributed by atoms with Crippen LogP contribution < -0.4 is 15.5 Å². The minimum atomic E-state index is -0.881. The normalized spacial score (nSPS) is 21.3. The molecule has 5 rings (SSSR count). The number of anilines is 2. The molecule has 0 saturated heterocycles. The summed E-state index contributed by atoms with van der Waals surface area (Å²) >= 11 is 0. The Labute approximate surface area is 223 Å². The summed E-state index contributed by atoms with van der Waals surface area (Å²) in [4.78, 5) is 11.0. The quantitative estimate of drug-likeness (QED) is 0.211. The maximum Gasteiger partial charge on any atom is 0.150 e. The summed E-state index contributed by atoms with van der Waals surface area (Å²) in [5.74, 6) is 1.53. The highest BCUT2D eigenvalue weighted by molar-refractivity contribution is 5.87. The first-order chi connectivity index (χ1) is 18.5. The molecule has 1 saturated carbocycles. The third-order valence-electron chi connectivity index (χ3n) is 7.57. The number of aryl methyl sites for hydroxylation is 1. The molecule has 0 radical (unpaired) electrons. The zero-order chi connectivity index (χ0) is 26.5. The van der Waals surface area contributed by atoms with Crippen molar-refractivity contribution >= 4 is 22.7 Å². The first kappa shape index (κ1) is 26.1. The van der Waals surface area contributed by atoms with E-state index >= 15 is 0 Å². The Morgan fingerprint density at radius 1 is 1.03 bits per heavy atom. The molecule has 38 heavy (non-hydrogen) atoms. The van der Waals surface area contributed by atoms with Crippen molar-refractivity contribution in [2.24, 2.45) is 13.0 Å². The molecule has 1 fully saturated rings. The van der Waals surface area contributed by atoms with Crippen LogP contribution in [0, 0.1) is 5.92 Å². The Bertz CT molecular complexity index is 1310. The lowest BCUT2D eigenvalue weighted by Crippen LogP contribution is -2.37. The standard InChI is InChI=1S/C28H38N8O2/c1-29-27-22-10-16-36(28(22)32-19-31-27)23-17-21(25(37)26(23)38)18-35(24-11-15-34(2)33-24)14-6-12-30-13-9-20-7-4-3-5-8-20/h3-5,7-8,10-11,15-16,19,21,23,25-26,30,37-38H,6,9,12-14,17-18H2,1-2H3,(H,29,31,32)/t21-,23-,25-,26+/m1/s1. The fraction of sp³-hybridized carbons (Fsp3) is 0.464. The molecule has 0 bridgehead atoms. The highest BCUT2D eigenvalue weighted by Crippen LogP contribution is 2.38. The molecule has 0 spiro atoms. The highest BCUT2D eigenvalue weighted by Gasteiger charge is 2.43. The van der Waals surface area contributed by atoms with Crippen LogP contribution in [0.25, 0.3) is 11.0 Å². The molecule has 4 N–H and O–H groups in total. The molecule has 1 aliphatic rings. The first-order valence-electron chi connectivity index (χ1n) is 13.4. The summed E-state index contributed by atoms with van der Waals surface area (Å²) in [5, 5.41) is 34.3. The average molecular weight is 519 g/mol. The largest absolute Gasteiger partial charge is 0.390 e. The second kappa shape index (κ2) is 11.9. The van der Waals surface area contributed by atoms with E-state index in [4.69, 9.17) is 0 Å². The predicted molar refractivity (Wildman–Crippen MR) is 149 cm³/mol. The van der Waals surface area contributed by atoms with E-state index in [-0.39, 0.29) is 12.0 Å². The summed E-state index contributed by atoms with van der Waals surface area (Å²) in [6.07, 6.45) is 6.28. The molecule has 1 aromatic carbocycles. The number of hydrogen-bond acceptors (Lipinski definition) is 8. The first-order valence-corrected chi connectivity index (χ1v) is 13.4. The van der Waals surface area contributed by atoms with Gasteiger partial charge in [0.2, 0.25) is 0 Å². The number of fused-ring (bicyclic) bond motifs is 1. The monoisotopic (exact) mass is 518 g/mol. The fourth-order valence-corrected chi connectivity index (χ4v) is 5.55. The van der Waals surface area contributed by atoms with E-state index in [2.05, 4.69) is 54.9 Å². The smallest absolute Gasteiger partial charge is 0.150 e. The molecule has 3 heterocycles. The topological polar surface area (TPSA) is 116 Å². The Kier molecular flexibility index (Phi) is 8.21. The molecule has 1 aliphatic carbocycles. The van der Waals surface area contributed by atoms with Gasteiger partial charge in [-0.15, -0.1) is 0 Å². The van der Waals surface area contributed by atoms with E-state index in [0.717, 1.165) is 55.1 Å². The molecule has 4 aromatic rings. The van der Waals surface area contributed by atoms with Gasteiger partial charge in [-0.3, -0.25) is 4.68 Å². The number of nitrogens with zero attached hydrogens (tertiary/aromatic N) is 6. The molecule has 202 valence electrons. The van der Waals surface area contributed by atoms with Gasteiger partial charge in [-0.25, -0.2) is 9.97 Å². The summed E-state index contributed by atoms with van der Waals surface area (Å²) < 4.78 is 3.78. The zero-order valence-electron chi connectivity index (χ0n) is 22.1. The van der Waals surface area contributed by atoms with Crippen molar-refractivity contribution in [2.75, 3.05) is 43.4 Å². The van der Waals surface area contributed by atoms with Crippen molar-refractivity contribution in [3.63, 3.8) is 0 Å². The maximum absolute atomic E-state index is 11.1. The van der Waals surface area contributed by atoms with Gasteiger partial charge in [0.25, 0.3) is 0 Å². The molecule has 3 aromatic heterocycles. The van der Waals surface area contributed by atoms with Gasteiger partial charge in [0.1, 0.15) is 23.9 Å². The molecule has 0 unspecified atom stereocenters. The van der Waals surface area contributed by atoms with Crippen LogP contribution in [0.5, 0.6) is 0 Å². The van der Waals surface area contributed by atoms with Crippen LogP contribution >= 0.6 is 0 Å². The lowest BCUT2D eigenvalue weighted by molar-refractivity contribution is 0.00790. The van der Waals surface area contributed by atoms with E-state index < -0.39 is 12.2 Å². The molecule has 10 heteroatoms. The lowest BCUT2D eigenvalue weighted by Gasteiger charge is -2.27. The third kappa shape index (κ3) is 5.67. The molecule has 4 atom stereocenters. The van der Waals surface area contributed by atoms with E-state index in [0.29, 0.717) is 13.0 Å². The number of benzene rings is 1. The Morgan fingerprint density at radius 2 is 1.87 bits per heavy atom. The number of rotatable bonds is 12. The molecular weight excluding hydrogens is 480 g/mol. The molecule has 0 aliphatic heterocycles. The van der Waals surface area contributed by atoms with Crippen LogP contribution in [0.4, 0.5) is 11.6 Å². The molecule has 10 nitrogen and oxygen atoms in total. The summed E-state index contributed by atoms with van der Waals surface area (Å²) in [6.45, 7) is 3.26. The van der Waals surface area contributed by atoms with Crippen LogP contribution in [-0.2, 0) is 13.5 Å². The van der Waals surface area contributed by atoms with E-state index in [9.17, 15) is 10.2 Å². The minimum absolute atomic E-state index is 0.105. The van der Waals surface area contributed by atoms with Gasteiger partial charge in [0, 0.05) is 51.6 Å². The second-order valence-electron chi connectivity index (χ2n) is 10.1. The minimum Gasteiger partial charge on any atom is -0.390 e. The number of aliphatic hydroxyl groups is 2. The third-order valence-corrected chi connectivity index (χ3v) is 7.57. The van der Waals surface area contributed by atoms with Crippen LogP contribution in [0.15, 0.2) is 61.2 Å². The van der Waals surface area contributed by atoms with Gasteiger partial charge in [-0.1, -0.05) is 30.3 Å². The SMILES string of the molecule is CNc1ncnc2c1ccn2[C@@H]1C[C@H](CN(CCCNCCc2ccccc2)c2ccn(C)n2)[C@@H](O)[C@H]1O. The van der Waals surface area contributed by atoms with Crippen LogP contribution in [-0.4, -0.2) is 80.0 Å². The van der Waals surface area contributed by atoms with Gasteiger partial charge in [-0.05, 0) is 44.0 Å². The summed E-state index contributed by atoms with van der Waals surface area (Å²) in [5.41, 5.74) is 2.09. The summed E-state index contributed by atoms with van der Waals surface area (Å²) in [6, 6.07) is 14.2. The van der Waals surface area contributed by atoms with Crippen LogP contribution in [0.3, 0.4) is 0 Å². The van der Waals surface area contributed by atoms with E-state index in [1.54, 1.807) is 4.68 Å². The van der Waals surface area contributed by atoms with Crippen molar-refractivity contribution in [1.82, 2.24) is 29.6 Å². The summed E-state index contributed by atoms with van der Waals surface area (Å²) in [7, 11) is 3.74. The fourth-order valence-electron chi connectivity index (χ4n) is 5.55. The van der Waals surface area contributed by atoms with E-state index in [1.807, 2.05) is 49.3 Å². The highest BCUT2D eigenvalue weighted by atomic mass is 16.3. The number of hydrogen-bond donors (Lipinski definition) is 4. The van der Waals surface area contributed by atoms with Gasteiger partial charge < -0.3 is 30.3 Å². The van der Waals surface area contributed by atoms with Gasteiger partial charge in [0.05, 0.1) is 17.5 Å². The molecular formula is C28H38N8O2.